The number of carbonyl (C=O) groups excluding carboxylic acids is 1. The smallest absolute Gasteiger partial charge is 0.343 e. The number of methoxy groups -OCH3 is 1. The van der Waals surface area contributed by atoms with Crippen molar-refractivity contribution in [3.8, 4) is 0 Å². The molecular weight excluding hydrogens is 295 g/mol. The van der Waals surface area contributed by atoms with E-state index < -0.39 is 50.7 Å². The van der Waals surface area contributed by atoms with Gasteiger partial charge in [-0.05, 0) is 0 Å². The van der Waals surface area contributed by atoms with Gasteiger partial charge in [-0.25, -0.2) is 22.2 Å². The van der Waals surface area contributed by atoms with Gasteiger partial charge in [0.25, 0.3) is 0 Å². The van der Waals surface area contributed by atoms with Gasteiger partial charge < -0.3 is 9.46 Å². The third kappa shape index (κ3) is 2.59. The molecule has 0 fully saturated rings. The number of halogens is 4. The van der Waals surface area contributed by atoms with Crippen LogP contribution in [0.15, 0.2) is 0 Å². The predicted molar refractivity (Wildman–Crippen MR) is 60.4 cm³/mol. The van der Waals surface area contributed by atoms with Crippen LogP contribution in [0.5, 0.6) is 0 Å². The molecule has 1 N–H and O–H groups in total. The van der Waals surface area contributed by atoms with E-state index >= 15 is 0 Å². The standard InChI is InChI=1S/C9H7ClF3NO3S/c1-17-9(15)3-5(11)4(10)6(12)7(13)8(3)14-18(2)16/h14H,1-2H3. The number of ether oxygens (including phenoxy) is 1. The van der Waals surface area contributed by atoms with E-state index in [0.29, 0.717) is 0 Å². The number of rotatable bonds is 3. The maximum Gasteiger partial charge on any atom is 0.343 e. The van der Waals surface area contributed by atoms with Crippen molar-refractivity contribution >= 4 is 34.2 Å². The fourth-order valence-corrected chi connectivity index (χ4v) is 1.82. The minimum Gasteiger partial charge on any atom is -0.465 e. The summed E-state index contributed by atoms with van der Waals surface area (Å²) in [6, 6.07) is 0. The van der Waals surface area contributed by atoms with Crippen molar-refractivity contribution in [2.45, 2.75) is 0 Å². The van der Waals surface area contributed by atoms with Crippen LogP contribution in [0.2, 0.25) is 5.02 Å². The molecule has 18 heavy (non-hydrogen) atoms. The van der Waals surface area contributed by atoms with Crippen LogP contribution >= 0.6 is 11.6 Å². The van der Waals surface area contributed by atoms with Gasteiger partial charge in [0.2, 0.25) is 0 Å². The molecular formula is C9H7ClF3NO3S. The monoisotopic (exact) mass is 301 g/mol. The Labute approximate surface area is 108 Å². The molecule has 0 saturated carbocycles. The fourth-order valence-electron chi connectivity index (χ4n) is 1.16. The molecule has 100 valence electrons. The molecule has 4 nitrogen and oxygen atoms in total. The van der Waals surface area contributed by atoms with Crippen molar-refractivity contribution in [3.05, 3.63) is 28.0 Å². The first-order valence-corrected chi connectivity index (χ1v) is 6.29. The lowest BCUT2D eigenvalue weighted by atomic mass is 10.1. The Morgan fingerprint density at radius 3 is 2.28 bits per heavy atom. The van der Waals surface area contributed by atoms with Gasteiger partial charge in [0.05, 0.1) is 7.11 Å². The molecule has 9 heteroatoms. The van der Waals surface area contributed by atoms with Gasteiger partial charge in [0, 0.05) is 6.26 Å². The Morgan fingerprint density at radius 2 is 1.83 bits per heavy atom. The molecule has 0 aliphatic carbocycles. The lowest BCUT2D eigenvalue weighted by Crippen LogP contribution is -2.15. The van der Waals surface area contributed by atoms with Crippen molar-refractivity contribution in [2.24, 2.45) is 0 Å². The first-order chi connectivity index (χ1) is 8.31. The summed E-state index contributed by atoms with van der Waals surface area (Å²) in [5.74, 6) is -6.07. The maximum atomic E-state index is 13.6. The Balaban J connectivity index is 3.63. The molecule has 0 spiro atoms. The van der Waals surface area contributed by atoms with Crippen molar-refractivity contribution in [1.82, 2.24) is 0 Å². The van der Waals surface area contributed by atoms with Crippen LogP contribution in [0, 0.1) is 17.5 Å². The summed E-state index contributed by atoms with van der Waals surface area (Å²) in [6.07, 6.45) is 1.09. The zero-order chi connectivity index (χ0) is 14.0. The fraction of sp³-hybridized carbons (Fsp3) is 0.222. The summed E-state index contributed by atoms with van der Waals surface area (Å²) in [5, 5.41) is -1.18. The second-order valence-electron chi connectivity index (χ2n) is 3.05. The van der Waals surface area contributed by atoms with E-state index in [1.165, 1.54) is 0 Å². The minimum absolute atomic E-state index is 0.901. The number of benzene rings is 1. The number of nitrogens with one attached hydrogen (secondary N) is 1. The van der Waals surface area contributed by atoms with Crippen molar-refractivity contribution in [2.75, 3.05) is 18.1 Å². The molecule has 0 aromatic heterocycles. The first kappa shape index (κ1) is 14.8. The normalized spacial score (nSPS) is 12.1. The Bertz CT molecular complexity index is 539. The summed E-state index contributed by atoms with van der Waals surface area (Å²) in [4.78, 5) is 11.3. The average molecular weight is 302 g/mol. The minimum atomic E-state index is -1.85. The van der Waals surface area contributed by atoms with Crippen molar-refractivity contribution < 1.29 is 26.9 Å². The van der Waals surface area contributed by atoms with E-state index in [-0.39, 0.29) is 0 Å². The Kier molecular flexibility index (Phi) is 4.58. The highest BCUT2D eigenvalue weighted by Gasteiger charge is 2.29. The molecule has 0 bridgehead atoms. The number of esters is 1. The van der Waals surface area contributed by atoms with Crippen LogP contribution in [0.3, 0.4) is 0 Å². The highest BCUT2D eigenvalue weighted by molar-refractivity contribution is 7.85. The van der Waals surface area contributed by atoms with Gasteiger partial charge in [-0.3, -0.25) is 0 Å². The van der Waals surface area contributed by atoms with Gasteiger partial charge in [-0.1, -0.05) is 11.6 Å². The van der Waals surface area contributed by atoms with Gasteiger partial charge >= 0.3 is 5.97 Å². The summed E-state index contributed by atoms with van der Waals surface area (Å²) < 4.78 is 57.4. The van der Waals surface area contributed by atoms with E-state index in [2.05, 4.69) is 4.74 Å². The average Bonchev–Trinajstić information content (AvgIpc) is 2.32. The second kappa shape index (κ2) is 5.57. The van der Waals surface area contributed by atoms with E-state index in [0.717, 1.165) is 13.4 Å². The van der Waals surface area contributed by atoms with Crippen LogP contribution in [0.1, 0.15) is 10.4 Å². The molecule has 1 aromatic rings. The Morgan fingerprint density at radius 1 is 1.28 bits per heavy atom. The van der Waals surface area contributed by atoms with E-state index in [4.69, 9.17) is 11.6 Å². The summed E-state index contributed by atoms with van der Waals surface area (Å²) in [5.41, 5.74) is -1.85. The van der Waals surface area contributed by atoms with Gasteiger partial charge in [0.15, 0.2) is 17.5 Å². The number of carbonyl (C=O) groups is 1. The van der Waals surface area contributed by atoms with Crippen LogP contribution in [-0.4, -0.2) is 23.5 Å². The summed E-state index contributed by atoms with van der Waals surface area (Å²) >= 11 is 5.20. The largest absolute Gasteiger partial charge is 0.465 e. The lowest BCUT2D eigenvalue weighted by Gasteiger charge is -2.12. The molecule has 1 unspecified atom stereocenters. The molecule has 0 aliphatic rings. The summed E-state index contributed by atoms with van der Waals surface area (Å²) in [6.45, 7) is 0. The SMILES string of the molecule is COC(=O)c1c(F)c(Cl)c(F)c(F)c1NS(C)=O. The van der Waals surface area contributed by atoms with Gasteiger partial charge in [-0.2, -0.15) is 0 Å². The number of hydrogen-bond donors (Lipinski definition) is 1. The topological polar surface area (TPSA) is 55.4 Å². The maximum absolute atomic E-state index is 13.6. The van der Waals surface area contributed by atoms with Crippen LogP contribution in [0.25, 0.3) is 0 Å². The van der Waals surface area contributed by atoms with Crippen LogP contribution in [0.4, 0.5) is 18.9 Å². The quantitative estimate of drug-likeness (QED) is 0.529. The van der Waals surface area contributed by atoms with Gasteiger partial charge in [0.1, 0.15) is 27.3 Å². The molecule has 0 aliphatic heterocycles. The summed E-state index contributed by atoms with van der Waals surface area (Å²) in [7, 11) is -0.933. The third-order valence-electron chi connectivity index (χ3n) is 1.90. The number of anilines is 1. The molecule has 0 heterocycles. The van der Waals surface area contributed by atoms with Crippen LogP contribution < -0.4 is 4.72 Å². The first-order valence-electron chi connectivity index (χ1n) is 4.35. The highest BCUT2D eigenvalue weighted by Crippen LogP contribution is 2.32. The molecule has 1 atom stereocenters. The highest BCUT2D eigenvalue weighted by atomic mass is 35.5. The molecule has 0 saturated heterocycles. The van der Waals surface area contributed by atoms with E-state index in [9.17, 15) is 22.2 Å². The van der Waals surface area contributed by atoms with Crippen molar-refractivity contribution in [1.29, 1.82) is 0 Å². The zero-order valence-corrected chi connectivity index (χ0v) is 10.7. The molecule has 0 radical (unpaired) electrons. The zero-order valence-electron chi connectivity index (χ0n) is 9.14. The molecule has 0 amide bonds. The predicted octanol–water partition coefficient (Wildman–Crippen LogP) is 2.25. The second-order valence-corrected chi connectivity index (χ2v) is 4.54. The Hall–Kier alpha value is -1.28. The van der Waals surface area contributed by atoms with E-state index in [1.807, 2.05) is 4.72 Å². The molecule has 1 aromatic carbocycles. The molecule has 1 rings (SSSR count). The van der Waals surface area contributed by atoms with Gasteiger partial charge in [-0.15, -0.1) is 0 Å². The van der Waals surface area contributed by atoms with Crippen molar-refractivity contribution in [3.63, 3.8) is 0 Å². The lowest BCUT2D eigenvalue weighted by molar-refractivity contribution is 0.0596. The third-order valence-corrected chi connectivity index (χ3v) is 2.73. The van der Waals surface area contributed by atoms with E-state index in [1.54, 1.807) is 0 Å². The van der Waals surface area contributed by atoms with Crippen LogP contribution in [-0.2, 0) is 15.7 Å². The number of hydrogen-bond acceptors (Lipinski definition) is 3.